The molecule has 0 atom stereocenters. The van der Waals surface area contributed by atoms with Gasteiger partial charge < -0.3 is 19.7 Å². The maximum Gasteiger partial charge on any atom is 0.307 e. The standard InChI is InChI=1S/C16H19N3O7/c1-2-25-15(21)5-6-17-14(20)10-18-7-8-26-13-4-3-11(19(23)24)9-12(13)16(18)22/h3-4,9H,2,5-8,10H2,1H3,(H,17,20). The van der Waals surface area contributed by atoms with Crippen LogP contribution in [-0.4, -0.2) is 60.5 Å². The molecule has 0 aromatic heterocycles. The van der Waals surface area contributed by atoms with Crippen molar-refractivity contribution in [2.75, 3.05) is 32.8 Å². The fourth-order valence-electron chi connectivity index (χ4n) is 2.38. The molecule has 0 saturated carbocycles. The van der Waals surface area contributed by atoms with Crippen molar-refractivity contribution in [2.45, 2.75) is 13.3 Å². The topological polar surface area (TPSA) is 128 Å². The van der Waals surface area contributed by atoms with E-state index >= 15 is 0 Å². The molecule has 26 heavy (non-hydrogen) atoms. The minimum absolute atomic E-state index is 0.0334. The van der Waals surface area contributed by atoms with Crippen LogP contribution in [0.15, 0.2) is 18.2 Å². The molecule has 2 amide bonds. The molecule has 0 aliphatic carbocycles. The third-order valence-electron chi connectivity index (χ3n) is 3.60. The molecule has 0 unspecified atom stereocenters. The van der Waals surface area contributed by atoms with E-state index in [1.807, 2.05) is 0 Å². The number of nitrogens with zero attached hydrogens (tertiary/aromatic N) is 2. The molecular formula is C16H19N3O7. The van der Waals surface area contributed by atoms with Gasteiger partial charge in [0.1, 0.15) is 12.4 Å². The summed E-state index contributed by atoms with van der Waals surface area (Å²) in [6.45, 7) is 2.12. The third kappa shape index (κ3) is 4.91. The zero-order chi connectivity index (χ0) is 19.1. The Morgan fingerprint density at radius 2 is 2.19 bits per heavy atom. The number of carbonyl (C=O) groups excluding carboxylic acids is 3. The molecule has 0 fully saturated rings. The van der Waals surface area contributed by atoms with E-state index in [1.165, 1.54) is 17.0 Å². The Morgan fingerprint density at radius 1 is 1.42 bits per heavy atom. The summed E-state index contributed by atoms with van der Waals surface area (Å²) in [6.07, 6.45) is 0.0334. The van der Waals surface area contributed by atoms with Gasteiger partial charge in [0.05, 0.1) is 36.6 Å². The van der Waals surface area contributed by atoms with Crippen molar-refractivity contribution < 1.29 is 28.8 Å². The van der Waals surface area contributed by atoms with E-state index in [1.54, 1.807) is 6.92 Å². The van der Waals surface area contributed by atoms with Crippen LogP contribution in [-0.2, 0) is 14.3 Å². The van der Waals surface area contributed by atoms with Crippen molar-refractivity contribution in [2.24, 2.45) is 0 Å². The first kappa shape index (κ1) is 19.2. The second-order valence-electron chi connectivity index (χ2n) is 5.42. The van der Waals surface area contributed by atoms with E-state index in [-0.39, 0.29) is 56.3 Å². The Balaban J connectivity index is 1.98. The van der Waals surface area contributed by atoms with Crippen LogP contribution in [0.25, 0.3) is 0 Å². The van der Waals surface area contributed by atoms with Gasteiger partial charge in [0, 0.05) is 18.7 Å². The van der Waals surface area contributed by atoms with E-state index in [2.05, 4.69) is 5.32 Å². The van der Waals surface area contributed by atoms with Crippen molar-refractivity contribution in [1.29, 1.82) is 0 Å². The smallest absolute Gasteiger partial charge is 0.307 e. The van der Waals surface area contributed by atoms with Gasteiger partial charge in [-0.05, 0) is 13.0 Å². The lowest BCUT2D eigenvalue weighted by molar-refractivity contribution is -0.384. The molecule has 1 aromatic rings. The lowest BCUT2D eigenvalue weighted by atomic mass is 10.1. The Morgan fingerprint density at radius 3 is 2.88 bits per heavy atom. The van der Waals surface area contributed by atoms with Crippen molar-refractivity contribution in [1.82, 2.24) is 10.2 Å². The second-order valence-corrected chi connectivity index (χ2v) is 5.42. The van der Waals surface area contributed by atoms with Gasteiger partial charge >= 0.3 is 5.97 Å². The van der Waals surface area contributed by atoms with E-state index in [0.29, 0.717) is 0 Å². The van der Waals surface area contributed by atoms with Crippen LogP contribution in [0.2, 0.25) is 0 Å². The van der Waals surface area contributed by atoms with Crippen molar-refractivity contribution >= 4 is 23.5 Å². The van der Waals surface area contributed by atoms with Crippen LogP contribution in [0.3, 0.4) is 0 Å². The van der Waals surface area contributed by atoms with Crippen LogP contribution in [0.4, 0.5) is 5.69 Å². The highest BCUT2D eigenvalue weighted by atomic mass is 16.6. The summed E-state index contributed by atoms with van der Waals surface area (Å²) in [5, 5.41) is 13.4. The minimum atomic E-state index is -0.606. The first-order valence-electron chi connectivity index (χ1n) is 8.05. The summed E-state index contributed by atoms with van der Waals surface area (Å²) >= 11 is 0. The predicted octanol–water partition coefficient (Wildman–Crippen LogP) is 0.499. The van der Waals surface area contributed by atoms with Gasteiger partial charge in [-0.3, -0.25) is 24.5 Å². The SMILES string of the molecule is CCOC(=O)CCNC(=O)CN1CCOc2ccc([N+](=O)[O-])cc2C1=O. The number of rotatable bonds is 7. The highest BCUT2D eigenvalue weighted by Gasteiger charge is 2.27. The molecule has 1 aliphatic heterocycles. The molecule has 1 N–H and O–H groups in total. The molecule has 10 heteroatoms. The summed E-state index contributed by atoms with van der Waals surface area (Å²) in [5.41, 5.74) is -0.197. The van der Waals surface area contributed by atoms with Gasteiger partial charge in [-0.2, -0.15) is 0 Å². The number of hydrogen-bond donors (Lipinski definition) is 1. The predicted molar refractivity (Wildman–Crippen MR) is 88.8 cm³/mol. The number of amides is 2. The maximum atomic E-state index is 12.6. The molecule has 1 aromatic carbocycles. The highest BCUT2D eigenvalue weighted by molar-refractivity contribution is 5.99. The van der Waals surface area contributed by atoms with Gasteiger partial charge in [0.25, 0.3) is 11.6 Å². The second kappa shape index (κ2) is 8.79. The van der Waals surface area contributed by atoms with Crippen LogP contribution in [0, 0.1) is 10.1 Å². The van der Waals surface area contributed by atoms with Gasteiger partial charge in [-0.15, -0.1) is 0 Å². The molecule has 140 valence electrons. The summed E-state index contributed by atoms with van der Waals surface area (Å²) in [7, 11) is 0. The first-order valence-corrected chi connectivity index (χ1v) is 8.05. The number of nitro groups is 1. The van der Waals surface area contributed by atoms with E-state index in [9.17, 15) is 24.5 Å². The quantitative estimate of drug-likeness (QED) is 0.423. The van der Waals surface area contributed by atoms with E-state index in [0.717, 1.165) is 6.07 Å². The monoisotopic (exact) mass is 365 g/mol. The van der Waals surface area contributed by atoms with Gasteiger partial charge in [-0.25, -0.2) is 0 Å². The first-order chi connectivity index (χ1) is 12.4. The Hall–Kier alpha value is -3.17. The number of non-ortho nitro benzene ring substituents is 1. The molecular weight excluding hydrogens is 346 g/mol. The summed E-state index contributed by atoms with van der Waals surface area (Å²) in [4.78, 5) is 47.3. The summed E-state index contributed by atoms with van der Waals surface area (Å²) in [5.74, 6) is -1.16. The van der Waals surface area contributed by atoms with Crippen molar-refractivity contribution in [3.05, 3.63) is 33.9 Å². The lowest BCUT2D eigenvalue weighted by Gasteiger charge is -2.19. The Bertz CT molecular complexity index is 720. The van der Waals surface area contributed by atoms with Gasteiger partial charge in [-0.1, -0.05) is 0 Å². The van der Waals surface area contributed by atoms with E-state index < -0.39 is 22.7 Å². The lowest BCUT2D eigenvalue weighted by Crippen LogP contribution is -2.42. The van der Waals surface area contributed by atoms with Gasteiger partial charge in [0.2, 0.25) is 5.91 Å². The summed E-state index contributed by atoms with van der Waals surface area (Å²) < 4.78 is 10.2. The minimum Gasteiger partial charge on any atom is -0.491 e. The normalized spacial score (nSPS) is 13.3. The third-order valence-corrected chi connectivity index (χ3v) is 3.60. The number of esters is 1. The fraction of sp³-hybridized carbons (Fsp3) is 0.438. The van der Waals surface area contributed by atoms with E-state index in [4.69, 9.17) is 9.47 Å². The number of hydrogen-bond acceptors (Lipinski definition) is 7. The number of nitrogens with one attached hydrogen (secondary N) is 1. The average Bonchev–Trinajstić information content (AvgIpc) is 2.74. The number of nitro benzene ring substituents is 1. The fourth-order valence-corrected chi connectivity index (χ4v) is 2.38. The Labute approximate surface area is 149 Å². The highest BCUT2D eigenvalue weighted by Crippen LogP contribution is 2.27. The molecule has 1 aliphatic rings. The molecule has 0 saturated heterocycles. The zero-order valence-electron chi connectivity index (χ0n) is 14.2. The molecule has 10 nitrogen and oxygen atoms in total. The summed E-state index contributed by atoms with van der Waals surface area (Å²) in [6, 6.07) is 3.76. The van der Waals surface area contributed by atoms with Crippen LogP contribution in [0.5, 0.6) is 5.75 Å². The van der Waals surface area contributed by atoms with Crippen LogP contribution in [0.1, 0.15) is 23.7 Å². The van der Waals surface area contributed by atoms with Crippen molar-refractivity contribution in [3.8, 4) is 5.75 Å². The molecule has 2 rings (SSSR count). The van der Waals surface area contributed by atoms with Gasteiger partial charge in [0.15, 0.2) is 0 Å². The van der Waals surface area contributed by atoms with Crippen LogP contribution < -0.4 is 10.1 Å². The Kier molecular flexibility index (Phi) is 6.48. The maximum absolute atomic E-state index is 12.6. The molecule has 0 spiro atoms. The molecule has 0 bridgehead atoms. The number of ether oxygens (including phenoxy) is 2. The largest absolute Gasteiger partial charge is 0.491 e. The average molecular weight is 365 g/mol. The number of benzene rings is 1. The number of fused-ring (bicyclic) bond motifs is 1. The number of carbonyl (C=O) groups is 3. The van der Waals surface area contributed by atoms with Crippen molar-refractivity contribution in [3.63, 3.8) is 0 Å². The van der Waals surface area contributed by atoms with Crippen LogP contribution >= 0.6 is 0 Å². The molecule has 0 radical (unpaired) electrons. The molecule has 1 heterocycles. The zero-order valence-corrected chi connectivity index (χ0v) is 14.2.